The number of rotatable bonds is 6. The van der Waals surface area contributed by atoms with E-state index in [2.05, 4.69) is 57.1 Å². The molecule has 1 aliphatic rings. The molecule has 3 N–H and O–H groups in total. The van der Waals surface area contributed by atoms with Crippen LogP contribution in [0.5, 0.6) is 0 Å². The number of hydrogen-bond donors (Lipinski definition) is 3. The van der Waals surface area contributed by atoms with Crippen molar-refractivity contribution < 1.29 is 4.79 Å². The molecule has 0 atom stereocenters. The van der Waals surface area contributed by atoms with Crippen LogP contribution >= 0.6 is 0 Å². The van der Waals surface area contributed by atoms with Crippen LogP contribution in [-0.2, 0) is 6.54 Å². The lowest BCUT2D eigenvalue weighted by Crippen LogP contribution is -2.32. The fourth-order valence-corrected chi connectivity index (χ4v) is 3.62. The molecule has 2 heterocycles. The number of amides is 2. The summed E-state index contributed by atoms with van der Waals surface area (Å²) in [7, 11) is 1.98. The van der Waals surface area contributed by atoms with Gasteiger partial charge in [0.05, 0.1) is 0 Å². The van der Waals surface area contributed by atoms with Crippen molar-refractivity contribution in [3.63, 3.8) is 0 Å². The maximum Gasteiger partial charge on any atom is 0.321 e. The lowest BCUT2D eigenvalue weighted by molar-refractivity contribution is 0.222. The zero-order valence-electron chi connectivity index (χ0n) is 18.0. The Kier molecular flexibility index (Phi) is 6.36. The van der Waals surface area contributed by atoms with Gasteiger partial charge in [-0.2, -0.15) is 4.98 Å². The van der Waals surface area contributed by atoms with Gasteiger partial charge in [-0.15, -0.1) is 0 Å². The van der Waals surface area contributed by atoms with Crippen LogP contribution in [0.1, 0.15) is 24.0 Å². The SMILES string of the molecule is Bc1cnc(Nc2cccc(NC(=O)N3CCCC3)c2)nc1NCc1cccc(C)c1. The van der Waals surface area contributed by atoms with E-state index in [1.807, 2.05) is 37.0 Å². The highest BCUT2D eigenvalue weighted by Gasteiger charge is 2.17. The van der Waals surface area contributed by atoms with Crippen molar-refractivity contribution in [1.29, 1.82) is 0 Å². The largest absolute Gasteiger partial charge is 0.366 e. The van der Waals surface area contributed by atoms with Gasteiger partial charge in [0.1, 0.15) is 13.7 Å². The van der Waals surface area contributed by atoms with Crippen LogP contribution in [0.25, 0.3) is 0 Å². The van der Waals surface area contributed by atoms with E-state index in [1.165, 1.54) is 11.1 Å². The molecule has 7 nitrogen and oxygen atoms in total. The Bertz CT molecular complexity index is 1070. The van der Waals surface area contributed by atoms with Gasteiger partial charge >= 0.3 is 6.03 Å². The summed E-state index contributed by atoms with van der Waals surface area (Å²) >= 11 is 0. The Balaban J connectivity index is 1.42. The van der Waals surface area contributed by atoms with Gasteiger partial charge in [0.15, 0.2) is 0 Å². The molecule has 4 rings (SSSR count). The van der Waals surface area contributed by atoms with E-state index in [0.717, 1.165) is 48.6 Å². The third-order valence-corrected chi connectivity index (χ3v) is 5.28. The first kappa shape index (κ1) is 20.7. The molecule has 1 aromatic heterocycles. The summed E-state index contributed by atoms with van der Waals surface area (Å²) in [5.41, 5.74) is 4.97. The Morgan fingerprint density at radius 1 is 1.10 bits per heavy atom. The molecule has 1 fully saturated rings. The first-order chi connectivity index (χ1) is 15.1. The zero-order valence-corrected chi connectivity index (χ0v) is 18.0. The number of anilines is 4. The number of carbonyl (C=O) groups excluding carboxylic acids is 1. The average Bonchev–Trinajstić information content (AvgIpc) is 3.30. The Morgan fingerprint density at radius 2 is 1.87 bits per heavy atom. The summed E-state index contributed by atoms with van der Waals surface area (Å²) in [6, 6.07) is 15.9. The molecule has 0 aliphatic carbocycles. The summed E-state index contributed by atoms with van der Waals surface area (Å²) in [5, 5.41) is 9.60. The molecule has 0 bridgehead atoms. The third kappa shape index (κ3) is 5.54. The van der Waals surface area contributed by atoms with Crippen LogP contribution in [-0.4, -0.2) is 41.8 Å². The van der Waals surface area contributed by atoms with Crippen LogP contribution < -0.4 is 21.4 Å². The molecule has 2 aromatic carbocycles. The highest BCUT2D eigenvalue weighted by Crippen LogP contribution is 2.20. The van der Waals surface area contributed by atoms with Crippen molar-refractivity contribution in [2.75, 3.05) is 29.0 Å². The lowest BCUT2D eigenvalue weighted by Gasteiger charge is -2.16. The maximum atomic E-state index is 12.3. The molecule has 8 heteroatoms. The van der Waals surface area contributed by atoms with Gasteiger partial charge in [-0.1, -0.05) is 35.9 Å². The van der Waals surface area contributed by atoms with Crippen LogP contribution in [0, 0.1) is 6.92 Å². The number of aryl methyl sites for hydroxylation is 1. The Hall–Kier alpha value is -3.55. The molecule has 3 aromatic rings. The highest BCUT2D eigenvalue weighted by atomic mass is 16.2. The first-order valence-corrected chi connectivity index (χ1v) is 10.6. The van der Waals surface area contributed by atoms with Crippen molar-refractivity contribution in [2.24, 2.45) is 0 Å². The van der Waals surface area contributed by atoms with E-state index < -0.39 is 0 Å². The van der Waals surface area contributed by atoms with E-state index in [9.17, 15) is 4.79 Å². The van der Waals surface area contributed by atoms with Crippen LogP contribution in [0.4, 0.5) is 27.9 Å². The average molecular weight is 414 g/mol. The minimum atomic E-state index is -0.0520. The van der Waals surface area contributed by atoms with Gasteiger partial charge in [0.2, 0.25) is 5.95 Å². The fourth-order valence-electron chi connectivity index (χ4n) is 3.62. The number of nitrogens with one attached hydrogen (secondary N) is 3. The molecule has 0 saturated carbocycles. The molecule has 2 amide bonds. The molecule has 1 aliphatic heterocycles. The summed E-state index contributed by atoms with van der Waals surface area (Å²) in [5.74, 6) is 1.29. The first-order valence-electron chi connectivity index (χ1n) is 10.6. The lowest BCUT2D eigenvalue weighted by atomic mass is 9.99. The van der Waals surface area contributed by atoms with Gasteiger partial charge in [-0.3, -0.25) is 0 Å². The number of aromatic nitrogens is 2. The van der Waals surface area contributed by atoms with E-state index in [1.54, 1.807) is 6.20 Å². The number of likely N-dealkylation sites (tertiary alicyclic amines) is 1. The third-order valence-electron chi connectivity index (χ3n) is 5.28. The zero-order chi connectivity index (χ0) is 21.6. The Morgan fingerprint density at radius 3 is 2.68 bits per heavy atom. The van der Waals surface area contributed by atoms with E-state index in [4.69, 9.17) is 0 Å². The molecular weight excluding hydrogens is 387 g/mol. The fraction of sp³-hybridized carbons (Fsp3) is 0.261. The van der Waals surface area contributed by atoms with Crippen molar-refractivity contribution in [1.82, 2.24) is 14.9 Å². The summed E-state index contributed by atoms with van der Waals surface area (Å²) in [4.78, 5) is 23.2. The second kappa shape index (κ2) is 9.51. The van der Waals surface area contributed by atoms with Crippen molar-refractivity contribution in [3.8, 4) is 0 Å². The number of urea groups is 1. The highest BCUT2D eigenvalue weighted by molar-refractivity contribution is 6.35. The van der Waals surface area contributed by atoms with Gasteiger partial charge < -0.3 is 20.9 Å². The van der Waals surface area contributed by atoms with Crippen molar-refractivity contribution in [2.45, 2.75) is 26.3 Å². The molecule has 31 heavy (non-hydrogen) atoms. The summed E-state index contributed by atoms with van der Waals surface area (Å²) in [6.45, 7) is 4.42. The second-order valence-corrected chi connectivity index (χ2v) is 7.90. The van der Waals surface area contributed by atoms with E-state index >= 15 is 0 Å². The molecule has 0 unspecified atom stereocenters. The second-order valence-electron chi connectivity index (χ2n) is 7.90. The molecule has 158 valence electrons. The van der Waals surface area contributed by atoms with Gasteiger partial charge in [-0.25, -0.2) is 9.78 Å². The predicted molar refractivity (Wildman–Crippen MR) is 128 cm³/mol. The molecule has 0 radical (unpaired) electrons. The molecule has 0 spiro atoms. The quantitative estimate of drug-likeness (QED) is 0.541. The summed E-state index contributed by atoms with van der Waals surface area (Å²) < 4.78 is 0. The number of benzene rings is 2. The smallest absolute Gasteiger partial charge is 0.321 e. The predicted octanol–water partition coefficient (Wildman–Crippen LogP) is 3.03. The van der Waals surface area contributed by atoms with Crippen molar-refractivity contribution >= 4 is 42.5 Å². The normalized spacial score (nSPS) is 13.1. The number of nitrogens with zero attached hydrogens (tertiary/aromatic N) is 3. The van der Waals surface area contributed by atoms with E-state index in [-0.39, 0.29) is 6.03 Å². The molecular formula is C23H27BN6O. The minimum absolute atomic E-state index is 0.0520. The van der Waals surface area contributed by atoms with Crippen LogP contribution in [0.3, 0.4) is 0 Å². The number of carbonyl (C=O) groups is 1. The minimum Gasteiger partial charge on any atom is -0.366 e. The summed E-state index contributed by atoms with van der Waals surface area (Å²) in [6.07, 6.45) is 3.94. The van der Waals surface area contributed by atoms with Crippen LogP contribution in [0.15, 0.2) is 54.7 Å². The van der Waals surface area contributed by atoms with Gasteiger partial charge in [0, 0.05) is 37.2 Å². The topological polar surface area (TPSA) is 82.2 Å². The number of hydrogen-bond acceptors (Lipinski definition) is 5. The Labute approximate surface area is 183 Å². The van der Waals surface area contributed by atoms with Gasteiger partial charge in [-0.05, 0) is 49.0 Å². The van der Waals surface area contributed by atoms with Crippen LogP contribution in [0.2, 0.25) is 0 Å². The standard InChI is InChI=1S/C23H27BN6O/c1-16-6-4-7-17(12-16)14-25-21-20(24)15-26-22(29-21)27-18-8-5-9-19(13-18)28-23(31)30-10-2-3-11-30/h4-9,12-13,15H,2-3,10-11,14,24H2,1H3,(H,28,31)(H2,25,26,27,29). The van der Waals surface area contributed by atoms with E-state index in [0.29, 0.717) is 12.5 Å². The monoisotopic (exact) mass is 414 g/mol. The van der Waals surface area contributed by atoms with Crippen molar-refractivity contribution in [3.05, 3.63) is 65.9 Å². The maximum absolute atomic E-state index is 12.3. The van der Waals surface area contributed by atoms with Gasteiger partial charge in [0.25, 0.3) is 0 Å². The molecule has 1 saturated heterocycles.